The van der Waals surface area contributed by atoms with Crippen molar-refractivity contribution in [2.75, 3.05) is 7.11 Å². The average Bonchev–Trinajstić information content (AvgIpc) is 3.10. The van der Waals surface area contributed by atoms with Crippen molar-refractivity contribution in [2.45, 2.75) is 13.0 Å². The number of aromatic nitrogens is 2. The number of hydrogen-bond donors (Lipinski definition) is 1. The van der Waals surface area contributed by atoms with Crippen LogP contribution in [-0.2, 0) is 13.0 Å². The van der Waals surface area contributed by atoms with Gasteiger partial charge in [0.1, 0.15) is 5.75 Å². The van der Waals surface area contributed by atoms with Crippen molar-refractivity contribution in [3.8, 4) is 5.75 Å². The van der Waals surface area contributed by atoms with Gasteiger partial charge in [-0.1, -0.05) is 48.0 Å². The molecule has 0 unspecified atom stereocenters. The average molecular weight is 358 g/mol. The summed E-state index contributed by atoms with van der Waals surface area (Å²) < 4.78 is 10.7. The molecule has 7 heteroatoms. The standard InChI is InChI=1S/C18H16ClN3O3/c1-24-15-9-5-3-6-12(15)10-16-21-22-18(25-16)17(23)20-11-13-7-2-4-8-14(13)19/h2-9H,10-11H2,1H3,(H,20,23). The quantitative estimate of drug-likeness (QED) is 0.732. The van der Waals surface area contributed by atoms with Crippen LogP contribution in [0, 0.1) is 0 Å². The molecular formula is C18H16ClN3O3. The summed E-state index contributed by atoms with van der Waals surface area (Å²) in [4.78, 5) is 12.1. The number of carbonyl (C=O) groups is 1. The molecule has 0 bridgehead atoms. The third kappa shape index (κ3) is 4.16. The van der Waals surface area contributed by atoms with Crippen molar-refractivity contribution in [3.05, 3.63) is 76.5 Å². The van der Waals surface area contributed by atoms with Gasteiger partial charge in [0.15, 0.2) is 0 Å². The minimum absolute atomic E-state index is 0.0862. The van der Waals surface area contributed by atoms with Gasteiger partial charge in [0.05, 0.1) is 13.5 Å². The lowest BCUT2D eigenvalue weighted by atomic mass is 10.1. The van der Waals surface area contributed by atoms with Crippen molar-refractivity contribution in [1.82, 2.24) is 15.5 Å². The molecule has 0 aliphatic carbocycles. The molecule has 3 rings (SSSR count). The maximum absolute atomic E-state index is 12.1. The van der Waals surface area contributed by atoms with Gasteiger partial charge in [-0.2, -0.15) is 0 Å². The number of rotatable bonds is 6. The fraction of sp³-hybridized carbons (Fsp3) is 0.167. The minimum Gasteiger partial charge on any atom is -0.496 e. The largest absolute Gasteiger partial charge is 0.496 e. The molecule has 0 saturated carbocycles. The minimum atomic E-state index is -0.446. The summed E-state index contributed by atoms with van der Waals surface area (Å²) in [6.07, 6.45) is 0.384. The summed E-state index contributed by atoms with van der Waals surface area (Å²) in [5.74, 6) is 0.536. The van der Waals surface area contributed by atoms with Gasteiger partial charge in [-0.25, -0.2) is 0 Å². The van der Waals surface area contributed by atoms with E-state index in [2.05, 4.69) is 15.5 Å². The van der Waals surface area contributed by atoms with Crippen molar-refractivity contribution >= 4 is 17.5 Å². The molecule has 6 nitrogen and oxygen atoms in total. The highest BCUT2D eigenvalue weighted by Gasteiger charge is 2.16. The maximum atomic E-state index is 12.1. The van der Waals surface area contributed by atoms with Crippen molar-refractivity contribution in [3.63, 3.8) is 0 Å². The lowest BCUT2D eigenvalue weighted by Crippen LogP contribution is -2.23. The second-order valence-electron chi connectivity index (χ2n) is 5.26. The summed E-state index contributed by atoms with van der Waals surface area (Å²) >= 11 is 6.06. The molecule has 25 heavy (non-hydrogen) atoms. The van der Waals surface area contributed by atoms with Crippen LogP contribution < -0.4 is 10.1 Å². The van der Waals surface area contributed by atoms with E-state index >= 15 is 0 Å². The molecule has 1 N–H and O–H groups in total. The zero-order chi connectivity index (χ0) is 17.6. The molecule has 2 aromatic carbocycles. The number of carbonyl (C=O) groups excluding carboxylic acids is 1. The van der Waals surface area contributed by atoms with E-state index in [1.807, 2.05) is 42.5 Å². The van der Waals surface area contributed by atoms with E-state index in [1.165, 1.54) is 0 Å². The van der Waals surface area contributed by atoms with Crippen LogP contribution in [0.15, 0.2) is 52.9 Å². The van der Waals surface area contributed by atoms with Crippen LogP contribution >= 0.6 is 11.6 Å². The van der Waals surface area contributed by atoms with Gasteiger partial charge < -0.3 is 14.5 Å². The van der Waals surface area contributed by atoms with Crippen LogP contribution in [0.25, 0.3) is 0 Å². The summed E-state index contributed by atoms with van der Waals surface area (Å²) in [6, 6.07) is 14.8. The smallest absolute Gasteiger partial charge is 0.309 e. The first-order valence-electron chi connectivity index (χ1n) is 7.63. The predicted molar refractivity (Wildman–Crippen MR) is 92.7 cm³/mol. The van der Waals surface area contributed by atoms with Gasteiger partial charge in [-0.3, -0.25) is 4.79 Å². The molecule has 1 heterocycles. The SMILES string of the molecule is COc1ccccc1Cc1nnc(C(=O)NCc2ccccc2Cl)o1. The van der Waals surface area contributed by atoms with E-state index in [1.54, 1.807) is 13.2 Å². The zero-order valence-electron chi connectivity index (χ0n) is 13.5. The molecule has 1 amide bonds. The first kappa shape index (κ1) is 17.0. The molecule has 0 atom stereocenters. The van der Waals surface area contributed by atoms with Crippen LogP contribution in [-0.4, -0.2) is 23.2 Å². The Morgan fingerprint density at radius 2 is 1.84 bits per heavy atom. The Kier molecular flexibility index (Phi) is 5.30. The molecule has 0 aliphatic rings. The number of amides is 1. The van der Waals surface area contributed by atoms with Gasteiger partial charge in [0.25, 0.3) is 0 Å². The molecule has 1 aromatic heterocycles. The molecule has 0 spiro atoms. The highest BCUT2D eigenvalue weighted by Crippen LogP contribution is 2.20. The molecule has 0 radical (unpaired) electrons. The predicted octanol–water partition coefficient (Wildman–Crippen LogP) is 3.25. The van der Waals surface area contributed by atoms with Gasteiger partial charge >= 0.3 is 11.8 Å². The van der Waals surface area contributed by atoms with Crippen molar-refractivity contribution < 1.29 is 13.9 Å². The van der Waals surface area contributed by atoms with Crippen LogP contribution in [0.4, 0.5) is 0 Å². The monoisotopic (exact) mass is 357 g/mol. The topological polar surface area (TPSA) is 77.2 Å². The van der Waals surface area contributed by atoms with E-state index in [0.717, 1.165) is 16.9 Å². The Hall–Kier alpha value is -2.86. The molecule has 0 aliphatic heterocycles. The first-order chi connectivity index (χ1) is 12.2. The van der Waals surface area contributed by atoms with E-state index < -0.39 is 5.91 Å². The maximum Gasteiger partial charge on any atom is 0.309 e. The number of hydrogen-bond acceptors (Lipinski definition) is 5. The fourth-order valence-electron chi connectivity index (χ4n) is 2.32. The van der Waals surface area contributed by atoms with E-state index in [-0.39, 0.29) is 12.4 Å². The Bertz CT molecular complexity index is 879. The second kappa shape index (κ2) is 7.81. The number of para-hydroxylation sites is 1. The molecule has 0 fully saturated rings. The zero-order valence-corrected chi connectivity index (χ0v) is 14.3. The second-order valence-corrected chi connectivity index (χ2v) is 5.67. The third-order valence-electron chi connectivity index (χ3n) is 3.59. The number of nitrogens with one attached hydrogen (secondary N) is 1. The number of ether oxygens (including phenoxy) is 1. The summed E-state index contributed by atoms with van der Waals surface area (Å²) in [5.41, 5.74) is 1.71. The summed E-state index contributed by atoms with van der Waals surface area (Å²) in [5, 5.41) is 11.0. The van der Waals surface area contributed by atoms with E-state index in [0.29, 0.717) is 17.3 Å². The summed E-state index contributed by atoms with van der Waals surface area (Å²) in [6.45, 7) is 0.280. The molecule has 128 valence electrons. The lowest BCUT2D eigenvalue weighted by Gasteiger charge is -2.05. The Morgan fingerprint density at radius 3 is 2.60 bits per heavy atom. The van der Waals surface area contributed by atoms with E-state index in [9.17, 15) is 4.79 Å². The van der Waals surface area contributed by atoms with E-state index in [4.69, 9.17) is 20.8 Å². The number of nitrogens with zero attached hydrogens (tertiary/aromatic N) is 2. The van der Waals surface area contributed by atoms with Crippen LogP contribution in [0.1, 0.15) is 27.7 Å². The molecular weight excluding hydrogens is 342 g/mol. The lowest BCUT2D eigenvalue weighted by molar-refractivity contribution is 0.0914. The number of methoxy groups -OCH3 is 1. The Labute approximate surface area is 149 Å². The normalized spacial score (nSPS) is 10.5. The molecule has 3 aromatic rings. The number of benzene rings is 2. The van der Waals surface area contributed by atoms with Gasteiger partial charge in [-0.05, 0) is 17.7 Å². The Balaban J connectivity index is 1.64. The van der Waals surface area contributed by atoms with Crippen molar-refractivity contribution in [1.29, 1.82) is 0 Å². The first-order valence-corrected chi connectivity index (χ1v) is 8.01. The fourth-order valence-corrected chi connectivity index (χ4v) is 2.52. The summed E-state index contributed by atoms with van der Waals surface area (Å²) in [7, 11) is 1.60. The van der Waals surface area contributed by atoms with Gasteiger partial charge in [0, 0.05) is 17.1 Å². The number of halogens is 1. The van der Waals surface area contributed by atoms with Crippen molar-refractivity contribution in [2.24, 2.45) is 0 Å². The van der Waals surface area contributed by atoms with Crippen LogP contribution in [0.3, 0.4) is 0 Å². The van der Waals surface area contributed by atoms with Crippen LogP contribution in [0.5, 0.6) is 5.75 Å². The Morgan fingerprint density at radius 1 is 1.12 bits per heavy atom. The highest BCUT2D eigenvalue weighted by molar-refractivity contribution is 6.31. The van der Waals surface area contributed by atoms with Gasteiger partial charge in [-0.15, -0.1) is 10.2 Å². The highest BCUT2D eigenvalue weighted by atomic mass is 35.5. The third-order valence-corrected chi connectivity index (χ3v) is 3.96. The van der Waals surface area contributed by atoms with Crippen LogP contribution in [0.2, 0.25) is 5.02 Å². The molecule has 0 saturated heterocycles. The van der Waals surface area contributed by atoms with Gasteiger partial charge in [0.2, 0.25) is 5.89 Å².